The van der Waals surface area contributed by atoms with E-state index in [1.807, 2.05) is 30.3 Å². The summed E-state index contributed by atoms with van der Waals surface area (Å²) in [6.45, 7) is 3.22. The molecule has 0 aromatic heterocycles. The zero-order valence-electron chi connectivity index (χ0n) is 19.0. The van der Waals surface area contributed by atoms with Crippen LogP contribution in [0.3, 0.4) is 0 Å². The van der Waals surface area contributed by atoms with Crippen LogP contribution in [0.2, 0.25) is 5.02 Å². The highest BCUT2D eigenvalue weighted by atomic mass is 35.5. The van der Waals surface area contributed by atoms with E-state index in [-0.39, 0.29) is 23.9 Å². The molecule has 0 saturated carbocycles. The molecule has 0 atom stereocenters. The molecule has 0 bridgehead atoms. The molecule has 34 heavy (non-hydrogen) atoms. The minimum atomic E-state index is -0.309. The van der Waals surface area contributed by atoms with Gasteiger partial charge in [-0.2, -0.15) is 0 Å². The van der Waals surface area contributed by atoms with Crippen LogP contribution in [0.4, 0.5) is 10.5 Å². The molecule has 2 aromatic rings. The number of carbonyl (C=O) groups is 3. The zero-order chi connectivity index (χ0) is 24.2. The Morgan fingerprint density at radius 2 is 1.97 bits per heavy atom. The van der Waals surface area contributed by atoms with Gasteiger partial charge in [-0.1, -0.05) is 35.5 Å². The number of carbonyl (C=O) groups excluding carboxylic acids is 3. The van der Waals surface area contributed by atoms with Gasteiger partial charge in [0.1, 0.15) is 0 Å². The van der Waals surface area contributed by atoms with Gasteiger partial charge in [0, 0.05) is 41.7 Å². The lowest BCUT2D eigenvalue weighted by Gasteiger charge is -2.31. The molecule has 9 heteroatoms. The summed E-state index contributed by atoms with van der Waals surface area (Å²) in [5.74, 6) is -0.329. The van der Waals surface area contributed by atoms with Crippen LogP contribution in [0.5, 0.6) is 0 Å². The van der Waals surface area contributed by atoms with Crippen molar-refractivity contribution in [3.05, 3.63) is 63.5 Å². The van der Waals surface area contributed by atoms with E-state index in [0.29, 0.717) is 53.7 Å². The van der Waals surface area contributed by atoms with Gasteiger partial charge in [-0.15, -0.1) is 0 Å². The second-order valence-corrected chi connectivity index (χ2v) is 9.67. The second-order valence-electron chi connectivity index (χ2n) is 8.15. The third-order valence-corrected chi connectivity index (χ3v) is 7.13. The summed E-state index contributed by atoms with van der Waals surface area (Å²) in [7, 11) is 1.71. The Kier molecular flexibility index (Phi) is 7.48. The summed E-state index contributed by atoms with van der Waals surface area (Å²) in [4.78, 5) is 42.4. The number of nitrogens with zero attached hydrogens (tertiary/aromatic N) is 2. The topological polar surface area (TPSA) is 79.0 Å². The van der Waals surface area contributed by atoms with E-state index < -0.39 is 0 Å². The van der Waals surface area contributed by atoms with Crippen LogP contribution in [0.1, 0.15) is 35.7 Å². The Morgan fingerprint density at radius 3 is 2.68 bits per heavy atom. The number of amides is 3. The number of piperidine rings is 1. The smallest absolute Gasteiger partial charge is 0.409 e. The van der Waals surface area contributed by atoms with Crippen LogP contribution in [0.15, 0.2) is 52.3 Å². The van der Waals surface area contributed by atoms with Crippen LogP contribution in [0, 0.1) is 0 Å². The Balaban J connectivity index is 1.43. The van der Waals surface area contributed by atoms with E-state index in [9.17, 15) is 14.4 Å². The molecule has 1 fully saturated rings. The van der Waals surface area contributed by atoms with Gasteiger partial charge in [-0.3, -0.25) is 9.59 Å². The van der Waals surface area contributed by atoms with E-state index in [0.717, 1.165) is 10.5 Å². The molecule has 0 unspecified atom stereocenters. The predicted octanol–water partition coefficient (Wildman–Crippen LogP) is 4.80. The number of likely N-dealkylation sites (tertiary alicyclic amines) is 1. The lowest BCUT2D eigenvalue weighted by Crippen LogP contribution is -2.46. The summed E-state index contributed by atoms with van der Waals surface area (Å²) in [6, 6.07) is 12.7. The molecule has 178 valence electrons. The Morgan fingerprint density at radius 1 is 1.21 bits per heavy atom. The van der Waals surface area contributed by atoms with Crippen molar-refractivity contribution in [1.29, 1.82) is 0 Å². The van der Waals surface area contributed by atoms with Crippen molar-refractivity contribution in [3.63, 3.8) is 0 Å². The minimum absolute atomic E-state index is 0.0184. The van der Waals surface area contributed by atoms with Gasteiger partial charge in [0.15, 0.2) is 0 Å². The first kappa shape index (κ1) is 24.2. The van der Waals surface area contributed by atoms with E-state index in [1.54, 1.807) is 42.0 Å². The standard InChI is InChI=1S/C25H26ClN3O4S/c1-3-33-25(32)29-11-9-19(10-12-29)27-23(30)17-7-8-21-20(15-17)28(2)24(31)22(34-21)14-16-5-4-6-18(26)13-16/h4-8,13-15,19H,3,9-12H2,1-2H3,(H,27,30). The highest BCUT2D eigenvalue weighted by molar-refractivity contribution is 8.04. The SMILES string of the molecule is CCOC(=O)N1CCC(NC(=O)c2ccc3c(c2)N(C)C(=O)C(=Cc2cccc(Cl)c2)S3)CC1. The summed E-state index contributed by atoms with van der Waals surface area (Å²) < 4.78 is 5.04. The fraction of sp³-hybridized carbons (Fsp3) is 0.320. The summed E-state index contributed by atoms with van der Waals surface area (Å²) in [5, 5.41) is 3.66. The molecule has 2 aliphatic heterocycles. The van der Waals surface area contributed by atoms with Crippen molar-refractivity contribution in [2.24, 2.45) is 0 Å². The number of halogens is 1. The van der Waals surface area contributed by atoms with Crippen molar-refractivity contribution >= 4 is 53.0 Å². The van der Waals surface area contributed by atoms with Crippen molar-refractivity contribution in [2.75, 3.05) is 31.6 Å². The lowest BCUT2D eigenvalue weighted by atomic mass is 10.0. The molecule has 3 amide bonds. The molecule has 0 aliphatic carbocycles. The molecule has 7 nitrogen and oxygen atoms in total. The average molecular weight is 500 g/mol. The second kappa shape index (κ2) is 10.5. The number of likely N-dealkylation sites (N-methyl/N-ethyl adjacent to an activating group) is 1. The molecular formula is C25H26ClN3O4S. The lowest BCUT2D eigenvalue weighted by molar-refractivity contribution is -0.114. The first-order valence-electron chi connectivity index (χ1n) is 11.2. The van der Waals surface area contributed by atoms with Crippen LogP contribution < -0.4 is 10.2 Å². The minimum Gasteiger partial charge on any atom is -0.450 e. The number of thioether (sulfide) groups is 1. The Labute approximate surface area is 208 Å². The molecule has 4 rings (SSSR count). The molecule has 0 spiro atoms. The average Bonchev–Trinajstić information content (AvgIpc) is 2.83. The number of rotatable bonds is 4. The molecule has 2 aromatic carbocycles. The maximum absolute atomic E-state index is 13.0. The van der Waals surface area contributed by atoms with Crippen molar-refractivity contribution in [3.8, 4) is 0 Å². The normalized spacial score (nSPS) is 17.5. The number of anilines is 1. The zero-order valence-corrected chi connectivity index (χ0v) is 20.6. The van der Waals surface area contributed by atoms with Gasteiger partial charge in [0.05, 0.1) is 17.2 Å². The van der Waals surface area contributed by atoms with Crippen molar-refractivity contribution in [2.45, 2.75) is 30.7 Å². The number of benzene rings is 2. The number of fused-ring (bicyclic) bond motifs is 1. The van der Waals surface area contributed by atoms with Gasteiger partial charge >= 0.3 is 6.09 Å². The summed E-state index contributed by atoms with van der Waals surface area (Å²) in [6.07, 6.45) is 2.85. The van der Waals surface area contributed by atoms with E-state index >= 15 is 0 Å². The molecule has 2 aliphatic rings. The third kappa shape index (κ3) is 5.39. The maximum atomic E-state index is 13.0. The van der Waals surface area contributed by atoms with Gasteiger partial charge in [0.25, 0.3) is 11.8 Å². The maximum Gasteiger partial charge on any atom is 0.409 e. The van der Waals surface area contributed by atoms with Crippen molar-refractivity contribution in [1.82, 2.24) is 10.2 Å². The predicted molar refractivity (Wildman–Crippen MR) is 134 cm³/mol. The van der Waals surface area contributed by atoms with Crippen LogP contribution in [0.25, 0.3) is 6.08 Å². The molecule has 1 saturated heterocycles. The third-order valence-electron chi connectivity index (χ3n) is 5.82. The molecule has 2 heterocycles. The first-order chi connectivity index (χ1) is 16.4. The van der Waals surface area contributed by atoms with Gasteiger partial charge < -0.3 is 19.9 Å². The summed E-state index contributed by atoms with van der Waals surface area (Å²) >= 11 is 7.45. The number of hydrogen-bond acceptors (Lipinski definition) is 5. The Bertz CT molecular complexity index is 1140. The monoisotopic (exact) mass is 499 g/mol. The summed E-state index contributed by atoms with van der Waals surface area (Å²) in [5.41, 5.74) is 2.04. The quantitative estimate of drug-likeness (QED) is 0.611. The van der Waals surface area contributed by atoms with E-state index in [4.69, 9.17) is 16.3 Å². The van der Waals surface area contributed by atoms with Crippen LogP contribution in [-0.2, 0) is 9.53 Å². The largest absolute Gasteiger partial charge is 0.450 e. The van der Waals surface area contributed by atoms with Gasteiger partial charge in [0.2, 0.25) is 0 Å². The van der Waals surface area contributed by atoms with E-state index in [1.165, 1.54) is 11.8 Å². The fourth-order valence-corrected chi connectivity index (χ4v) is 5.26. The first-order valence-corrected chi connectivity index (χ1v) is 12.3. The Hall–Kier alpha value is -2.97. The fourth-order valence-electron chi connectivity index (χ4n) is 3.97. The number of nitrogens with one attached hydrogen (secondary N) is 1. The van der Waals surface area contributed by atoms with Crippen molar-refractivity contribution < 1.29 is 19.1 Å². The van der Waals surface area contributed by atoms with E-state index in [2.05, 4.69) is 5.32 Å². The van der Waals surface area contributed by atoms with Crippen LogP contribution >= 0.6 is 23.4 Å². The number of ether oxygens (including phenoxy) is 1. The highest BCUT2D eigenvalue weighted by Crippen LogP contribution is 2.42. The molecule has 1 N–H and O–H groups in total. The van der Waals surface area contributed by atoms with Crippen LogP contribution in [-0.4, -0.2) is 55.6 Å². The molecule has 0 radical (unpaired) electrons. The van der Waals surface area contributed by atoms with Gasteiger partial charge in [-0.25, -0.2) is 4.79 Å². The highest BCUT2D eigenvalue weighted by Gasteiger charge is 2.28. The van der Waals surface area contributed by atoms with Gasteiger partial charge in [-0.05, 0) is 61.7 Å². The molecular weight excluding hydrogens is 474 g/mol. The number of hydrogen-bond donors (Lipinski definition) is 1.